The Morgan fingerprint density at radius 1 is 1.09 bits per heavy atom. The Kier molecular flexibility index (Phi) is 9.41. The molecule has 6 heteroatoms. The molecule has 0 bridgehead atoms. The number of hydrogen-bond donors (Lipinski definition) is 0. The number of carbonyl (C=O) groups excluding carboxylic acids is 1. The summed E-state index contributed by atoms with van der Waals surface area (Å²) in [6.07, 6.45) is 0.328. The first-order valence-corrected chi connectivity index (χ1v) is 7.02. The summed E-state index contributed by atoms with van der Waals surface area (Å²) in [6, 6.07) is 7.62. The molecule has 0 saturated heterocycles. The molecule has 0 aliphatic rings. The second-order valence-electron chi connectivity index (χ2n) is 4.65. The second-order valence-corrected chi connectivity index (χ2v) is 4.65. The van der Waals surface area contributed by atoms with Crippen molar-refractivity contribution >= 4 is 6.29 Å². The van der Waals surface area contributed by atoms with E-state index in [9.17, 15) is 4.79 Å². The van der Waals surface area contributed by atoms with Crippen LogP contribution < -0.4 is 4.74 Å². The first kappa shape index (κ1) is 18.6. The Hall–Kier alpha value is -1.47. The summed E-state index contributed by atoms with van der Waals surface area (Å²) < 4.78 is 26.5. The van der Waals surface area contributed by atoms with Crippen LogP contribution in [0.25, 0.3) is 0 Å². The van der Waals surface area contributed by atoms with Crippen molar-refractivity contribution in [2.45, 2.75) is 25.2 Å². The van der Waals surface area contributed by atoms with Gasteiger partial charge in [-0.05, 0) is 17.7 Å². The summed E-state index contributed by atoms with van der Waals surface area (Å²) >= 11 is 0. The van der Waals surface area contributed by atoms with E-state index in [-0.39, 0.29) is 25.4 Å². The SMILES string of the molecule is COCO[C@H](COCc1ccc(OC)cc1)[C@@H](CC=O)OC. The number of benzene rings is 1. The minimum atomic E-state index is -0.367. The molecular formula is C16H24O6. The molecule has 0 spiro atoms. The van der Waals surface area contributed by atoms with Crippen molar-refractivity contribution in [1.82, 2.24) is 0 Å². The minimum Gasteiger partial charge on any atom is -0.497 e. The third kappa shape index (κ3) is 6.53. The number of aldehydes is 1. The Labute approximate surface area is 131 Å². The molecule has 0 fully saturated rings. The molecule has 124 valence electrons. The number of ether oxygens (including phenoxy) is 5. The van der Waals surface area contributed by atoms with Crippen molar-refractivity contribution in [3.63, 3.8) is 0 Å². The molecule has 0 aliphatic carbocycles. The number of hydrogen-bond acceptors (Lipinski definition) is 6. The highest BCUT2D eigenvalue weighted by molar-refractivity contribution is 5.50. The molecule has 6 nitrogen and oxygen atoms in total. The van der Waals surface area contributed by atoms with Gasteiger partial charge in [0, 0.05) is 20.6 Å². The number of carbonyl (C=O) groups is 1. The zero-order valence-corrected chi connectivity index (χ0v) is 13.3. The Morgan fingerprint density at radius 3 is 2.36 bits per heavy atom. The van der Waals surface area contributed by atoms with Crippen LogP contribution in [0.5, 0.6) is 5.75 Å². The van der Waals surface area contributed by atoms with E-state index in [0.717, 1.165) is 17.6 Å². The molecule has 2 atom stereocenters. The van der Waals surface area contributed by atoms with Gasteiger partial charge >= 0.3 is 0 Å². The van der Waals surface area contributed by atoms with Crippen LogP contribution in [0.15, 0.2) is 24.3 Å². The monoisotopic (exact) mass is 312 g/mol. The number of methoxy groups -OCH3 is 3. The number of rotatable bonds is 12. The molecule has 1 aromatic rings. The first-order valence-electron chi connectivity index (χ1n) is 7.02. The van der Waals surface area contributed by atoms with Gasteiger partial charge in [-0.3, -0.25) is 0 Å². The van der Waals surface area contributed by atoms with E-state index in [2.05, 4.69) is 0 Å². The van der Waals surface area contributed by atoms with Crippen LogP contribution in [0, 0.1) is 0 Å². The van der Waals surface area contributed by atoms with Gasteiger partial charge in [-0.25, -0.2) is 0 Å². The fourth-order valence-electron chi connectivity index (χ4n) is 1.93. The maximum atomic E-state index is 10.7. The topological polar surface area (TPSA) is 63.2 Å². The van der Waals surface area contributed by atoms with E-state index < -0.39 is 0 Å². The van der Waals surface area contributed by atoms with Crippen molar-refractivity contribution in [3.8, 4) is 5.75 Å². The lowest BCUT2D eigenvalue weighted by atomic mass is 10.1. The van der Waals surface area contributed by atoms with Crippen LogP contribution >= 0.6 is 0 Å². The van der Waals surface area contributed by atoms with Gasteiger partial charge < -0.3 is 28.5 Å². The average Bonchev–Trinajstić information content (AvgIpc) is 2.56. The van der Waals surface area contributed by atoms with E-state index in [1.807, 2.05) is 24.3 Å². The molecular weight excluding hydrogens is 288 g/mol. The van der Waals surface area contributed by atoms with Gasteiger partial charge in [0.1, 0.15) is 24.9 Å². The molecule has 0 radical (unpaired) electrons. The summed E-state index contributed by atoms with van der Waals surface area (Å²) in [4.78, 5) is 10.7. The lowest BCUT2D eigenvalue weighted by Crippen LogP contribution is -2.36. The predicted molar refractivity (Wildman–Crippen MR) is 80.9 cm³/mol. The zero-order chi connectivity index (χ0) is 16.2. The summed E-state index contributed by atoms with van der Waals surface area (Å²) in [5, 5.41) is 0. The minimum absolute atomic E-state index is 0.120. The van der Waals surface area contributed by atoms with E-state index in [4.69, 9.17) is 23.7 Å². The van der Waals surface area contributed by atoms with Crippen LogP contribution in [0.4, 0.5) is 0 Å². The smallest absolute Gasteiger partial charge is 0.146 e. The van der Waals surface area contributed by atoms with Gasteiger partial charge in [0.15, 0.2) is 0 Å². The first-order chi connectivity index (χ1) is 10.7. The molecule has 0 aromatic heterocycles. The molecule has 0 amide bonds. The fourth-order valence-corrected chi connectivity index (χ4v) is 1.93. The van der Waals surface area contributed by atoms with Crippen molar-refractivity contribution in [1.29, 1.82) is 0 Å². The largest absolute Gasteiger partial charge is 0.497 e. The molecule has 0 saturated carbocycles. The summed E-state index contributed by atoms with van der Waals surface area (Å²) in [5.41, 5.74) is 1.02. The van der Waals surface area contributed by atoms with Crippen molar-refractivity contribution in [2.24, 2.45) is 0 Å². The van der Waals surface area contributed by atoms with Crippen molar-refractivity contribution in [3.05, 3.63) is 29.8 Å². The van der Waals surface area contributed by atoms with E-state index >= 15 is 0 Å². The van der Waals surface area contributed by atoms with Crippen LogP contribution in [-0.2, 0) is 30.3 Å². The average molecular weight is 312 g/mol. The molecule has 0 heterocycles. The quantitative estimate of drug-likeness (QED) is 0.433. The second kappa shape index (κ2) is 11.1. The fraction of sp³-hybridized carbons (Fsp3) is 0.562. The van der Waals surface area contributed by atoms with Crippen molar-refractivity contribution in [2.75, 3.05) is 34.7 Å². The zero-order valence-electron chi connectivity index (χ0n) is 13.3. The molecule has 0 unspecified atom stereocenters. The van der Waals surface area contributed by atoms with Gasteiger partial charge in [-0.1, -0.05) is 12.1 Å². The standard InChI is InChI=1S/C16H24O6/c1-18-12-22-16(15(20-3)8-9-17)11-21-10-13-4-6-14(19-2)7-5-13/h4-7,9,15-16H,8,10-12H2,1-3H3/t15-,16-/m1/s1. The Morgan fingerprint density at radius 2 is 1.82 bits per heavy atom. The van der Waals surface area contributed by atoms with Gasteiger partial charge in [0.05, 0.1) is 26.4 Å². The molecule has 0 aliphatic heterocycles. The van der Waals surface area contributed by atoms with E-state index in [0.29, 0.717) is 13.2 Å². The molecule has 1 aromatic carbocycles. The highest BCUT2D eigenvalue weighted by Crippen LogP contribution is 2.13. The molecule has 0 N–H and O–H groups in total. The maximum absolute atomic E-state index is 10.7. The third-order valence-electron chi connectivity index (χ3n) is 3.16. The predicted octanol–water partition coefficient (Wildman–Crippen LogP) is 1.80. The summed E-state index contributed by atoms with van der Waals surface area (Å²) in [5.74, 6) is 0.801. The normalized spacial score (nSPS) is 13.6. The Balaban J connectivity index is 2.48. The van der Waals surface area contributed by atoms with Gasteiger partial charge in [0.25, 0.3) is 0 Å². The van der Waals surface area contributed by atoms with Gasteiger partial charge in [-0.2, -0.15) is 0 Å². The highest BCUT2D eigenvalue weighted by atomic mass is 16.7. The van der Waals surface area contributed by atoms with E-state index in [1.54, 1.807) is 14.2 Å². The van der Waals surface area contributed by atoms with Gasteiger partial charge in [0.2, 0.25) is 0 Å². The highest BCUT2D eigenvalue weighted by Gasteiger charge is 2.22. The molecule has 1 rings (SSSR count). The van der Waals surface area contributed by atoms with Gasteiger partial charge in [-0.15, -0.1) is 0 Å². The van der Waals surface area contributed by atoms with E-state index in [1.165, 1.54) is 7.11 Å². The summed E-state index contributed by atoms with van der Waals surface area (Å²) in [6.45, 7) is 0.866. The maximum Gasteiger partial charge on any atom is 0.146 e. The lowest BCUT2D eigenvalue weighted by molar-refractivity contribution is -0.148. The van der Waals surface area contributed by atoms with Crippen LogP contribution in [0.1, 0.15) is 12.0 Å². The van der Waals surface area contributed by atoms with Crippen LogP contribution in [-0.4, -0.2) is 53.2 Å². The summed E-state index contributed by atoms with van der Waals surface area (Å²) in [7, 11) is 4.71. The molecule has 22 heavy (non-hydrogen) atoms. The lowest BCUT2D eigenvalue weighted by Gasteiger charge is -2.24. The Bertz CT molecular complexity index is 406. The van der Waals surface area contributed by atoms with Crippen molar-refractivity contribution < 1.29 is 28.5 Å². The van der Waals surface area contributed by atoms with Crippen LogP contribution in [0.2, 0.25) is 0 Å². The third-order valence-corrected chi connectivity index (χ3v) is 3.16. The van der Waals surface area contributed by atoms with Crippen LogP contribution in [0.3, 0.4) is 0 Å².